The average molecular weight is 253 g/mol. The summed E-state index contributed by atoms with van der Waals surface area (Å²) in [5.74, 6) is -0.892. The third-order valence-corrected chi connectivity index (χ3v) is 2.60. The van der Waals surface area contributed by atoms with E-state index in [4.69, 9.17) is 5.11 Å². The maximum absolute atomic E-state index is 12.0. The monoisotopic (exact) mass is 253 g/mol. The minimum absolute atomic E-state index is 0.0572. The van der Waals surface area contributed by atoms with Gasteiger partial charge in [0.15, 0.2) is 0 Å². The zero-order chi connectivity index (χ0) is 13.7. The lowest BCUT2D eigenvalue weighted by atomic mass is 10.0. The van der Waals surface area contributed by atoms with Crippen LogP contribution < -0.4 is 5.32 Å². The van der Waals surface area contributed by atoms with Crippen molar-refractivity contribution in [1.82, 2.24) is 15.5 Å². The van der Waals surface area contributed by atoms with Gasteiger partial charge in [0.1, 0.15) is 0 Å². The van der Waals surface area contributed by atoms with Gasteiger partial charge in [0.2, 0.25) is 0 Å². The minimum atomic E-state index is -0.855. The van der Waals surface area contributed by atoms with E-state index in [1.54, 1.807) is 6.92 Å². The van der Waals surface area contributed by atoms with Crippen LogP contribution in [-0.2, 0) is 4.79 Å². The Morgan fingerprint density at radius 1 is 1.44 bits per heavy atom. The Morgan fingerprint density at radius 3 is 2.67 bits per heavy atom. The van der Waals surface area contributed by atoms with Gasteiger partial charge in [-0.15, -0.1) is 0 Å². The van der Waals surface area contributed by atoms with E-state index in [2.05, 4.69) is 15.5 Å². The Labute approximate surface area is 106 Å². The summed E-state index contributed by atoms with van der Waals surface area (Å²) >= 11 is 0. The van der Waals surface area contributed by atoms with Crippen molar-refractivity contribution in [3.8, 4) is 0 Å². The summed E-state index contributed by atoms with van der Waals surface area (Å²) in [6, 6.07) is 0. The molecule has 6 heteroatoms. The van der Waals surface area contributed by atoms with Gasteiger partial charge in [0.25, 0.3) is 5.91 Å². The lowest BCUT2D eigenvalue weighted by molar-refractivity contribution is -0.137. The lowest BCUT2D eigenvalue weighted by Crippen LogP contribution is -2.26. The molecule has 0 bridgehead atoms. The molecule has 1 heterocycles. The molecule has 0 atom stereocenters. The van der Waals surface area contributed by atoms with Gasteiger partial charge in [0.05, 0.1) is 11.3 Å². The fraction of sp³-hybridized carbons (Fsp3) is 0.583. The van der Waals surface area contributed by atoms with Crippen molar-refractivity contribution < 1.29 is 14.7 Å². The number of aromatic nitrogens is 2. The number of rotatable bonds is 6. The zero-order valence-electron chi connectivity index (χ0n) is 10.9. The van der Waals surface area contributed by atoms with Gasteiger partial charge in [-0.3, -0.25) is 14.7 Å². The molecule has 0 aliphatic rings. The molecule has 1 amide bonds. The van der Waals surface area contributed by atoms with Gasteiger partial charge in [-0.2, -0.15) is 5.10 Å². The van der Waals surface area contributed by atoms with E-state index in [0.29, 0.717) is 18.5 Å². The summed E-state index contributed by atoms with van der Waals surface area (Å²) in [5.41, 5.74) is 2.04. The van der Waals surface area contributed by atoms with Crippen molar-refractivity contribution in [1.29, 1.82) is 0 Å². The summed E-state index contributed by atoms with van der Waals surface area (Å²) in [7, 11) is 0. The molecule has 1 aromatic heterocycles. The summed E-state index contributed by atoms with van der Waals surface area (Å²) in [5, 5.41) is 18.1. The van der Waals surface area contributed by atoms with Gasteiger partial charge in [-0.25, -0.2) is 0 Å². The molecule has 6 nitrogen and oxygen atoms in total. The lowest BCUT2D eigenvalue weighted by Gasteiger charge is -2.07. The average Bonchev–Trinajstić information content (AvgIpc) is 2.66. The van der Waals surface area contributed by atoms with Crippen LogP contribution in [0.25, 0.3) is 0 Å². The van der Waals surface area contributed by atoms with E-state index in [1.165, 1.54) is 0 Å². The number of aromatic amines is 1. The predicted octanol–water partition coefficient (Wildman–Crippen LogP) is 1.44. The second-order valence-corrected chi connectivity index (χ2v) is 4.52. The van der Waals surface area contributed by atoms with Gasteiger partial charge < -0.3 is 10.4 Å². The van der Waals surface area contributed by atoms with Crippen LogP contribution in [0.3, 0.4) is 0 Å². The van der Waals surface area contributed by atoms with Crippen LogP contribution in [-0.4, -0.2) is 33.7 Å². The van der Waals surface area contributed by atoms with E-state index in [9.17, 15) is 9.59 Å². The Kier molecular flexibility index (Phi) is 4.88. The molecule has 0 spiro atoms. The molecular formula is C12H19N3O3. The van der Waals surface area contributed by atoms with Crippen LogP contribution in [0.15, 0.2) is 0 Å². The highest BCUT2D eigenvalue weighted by Crippen LogP contribution is 2.19. The Hall–Kier alpha value is -1.85. The zero-order valence-corrected chi connectivity index (χ0v) is 10.9. The fourth-order valence-corrected chi connectivity index (χ4v) is 1.68. The summed E-state index contributed by atoms with van der Waals surface area (Å²) < 4.78 is 0. The number of carbonyl (C=O) groups excluding carboxylic acids is 1. The Morgan fingerprint density at radius 2 is 2.11 bits per heavy atom. The summed E-state index contributed by atoms with van der Waals surface area (Å²) in [6.07, 6.45) is 0.483. The first kappa shape index (κ1) is 14.2. The Bertz CT molecular complexity index is 438. The van der Waals surface area contributed by atoms with E-state index < -0.39 is 5.97 Å². The molecule has 0 unspecified atom stereocenters. The number of amides is 1. The third kappa shape index (κ3) is 3.58. The van der Waals surface area contributed by atoms with Crippen LogP contribution in [0.1, 0.15) is 54.4 Å². The van der Waals surface area contributed by atoms with Crippen molar-refractivity contribution in [2.75, 3.05) is 6.54 Å². The molecule has 0 saturated heterocycles. The highest BCUT2D eigenvalue weighted by Gasteiger charge is 2.19. The van der Waals surface area contributed by atoms with Crippen molar-refractivity contribution in [3.63, 3.8) is 0 Å². The highest BCUT2D eigenvalue weighted by atomic mass is 16.4. The number of H-pyrrole nitrogens is 1. The number of aryl methyl sites for hydroxylation is 1. The molecule has 0 radical (unpaired) electrons. The topological polar surface area (TPSA) is 95.1 Å². The normalized spacial score (nSPS) is 10.7. The van der Waals surface area contributed by atoms with Gasteiger partial charge in [-0.1, -0.05) is 13.8 Å². The first-order valence-corrected chi connectivity index (χ1v) is 5.98. The fourth-order valence-electron chi connectivity index (χ4n) is 1.68. The van der Waals surface area contributed by atoms with Crippen LogP contribution in [0.2, 0.25) is 0 Å². The molecular weight excluding hydrogens is 234 g/mol. The third-order valence-electron chi connectivity index (χ3n) is 2.60. The summed E-state index contributed by atoms with van der Waals surface area (Å²) in [4.78, 5) is 22.3. The van der Waals surface area contributed by atoms with Crippen molar-refractivity contribution in [2.45, 2.75) is 39.5 Å². The number of carboxylic acid groups (broad SMARTS) is 1. The number of carboxylic acids is 1. The van der Waals surface area contributed by atoms with E-state index in [0.717, 1.165) is 11.4 Å². The molecule has 100 valence electrons. The molecule has 0 saturated carbocycles. The van der Waals surface area contributed by atoms with Gasteiger partial charge >= 0.3 is 5.97 Å². The number of aliphatic carboxylic acids is 1. The van der Waals surface area contributed by atoms with Crippen LogP contribution in [0.5, 0.6) is 0 Å². The first-order valence-electron chi connectivity index (χ1n) is 5.98. The molecule has 0 fully saturated rings. The first-order chi connectivity index (χ1) is 8.43. The smallest absolute Gasteiger partial charge is 0.303 e. The molecule has 3 N–H and O–H groups in total. The molecule has 1 aromatic rings. The van der Waals surface area contributed by atoms with Crippen molar-refractivity contribution in [2.24, 2.45) is 0 Å². The standard InChI is InChI=1S/C12H19N3O3/c1-7(2)11-10(8(3)14-15-11)12(18)13-6-4-5-9(16)17/h7H,4-6H2,1-3H3,(H,13,18)(H,14,15)(H,16,17). The maximum atomic E-state index is 12.0. The SMILES string of the molecule is Cc1[nH]nc(C(C)C)c1C(=O)NCCCC(=O)O. The molecule has 0 aromatic carbocycles. The number of hydrogen-bond donors (Lipinski definition) is 3. The van der Waals surface area contributed by atoms with E-state index >= 15 is 0 Å². The van der Waals surface area contributed by atoms with Gasteiger partial charge in [-0.05, 0) is 19.3 Å². The van der Waals surface area contributed by atoms with Crippen molar-refractivity contribution in [3.05, 3.63) is 17.0 Å². The Balaban J connectivity index is 2.61. The molecule has 0 aliphatic heterocycles. The molecule has 1 rings (SSSR count). The van der Waals surface area contributed by atoms with Crippen molar-refractivity contribution >= 4 is 11.9 Å². The number of hydrogen-bond acceptors (Lipinski definition) is 3. The minimum Gasteiger partial charge on any atom is -0.481 e. The van der Waals surface area contributed by atoms with E-state index in [1.807, 2.05) is 13.8 Å². The predicted molar refractivity (Wildman–Crippen MR) is 66.6 cm³/mol. The largest absolute Gasteiger partial charge is 0.481 e. The second kappa shape index (κ2) is 6.18. The van der Waals surface area contributed by atoms with E-state index in [-0.39, 0.29) is 18.2 Å². The van der Waals surface area contributed by atoms with Crippen LogP contribution in [0.4, 0.5) is 0 Å². The second-order valence-electron chi connectivity index (χ2n) is 4.52. The quantitative estimate of drug-likeness (QED) is 0.668. The molecule has 18 heavy (non-hydrogen) atoms. The number of nitrogens with zero attached hydrogens (tertiary/aromatic N) is 1. The van der Waals surface area contributed by atoms with Crippen LogP contribution in [0, 0.1) is 6.92 Å². The summed E-state index contributed by atoms with van der Waals surface area (Å²) in [6.45, 7) is 6.09. The number of carbonyl (C=O) groups is 2. The molecule has 0 aliphatic carbocycles. The van der Waals surface area contributed by atoms with Crippen LogP contribution >= 0.6 is 0 Å². The number of nitrogens with one attached hydrogen (secondary N) is 2. The van der Waals surface area contributed by atoms with Gasteiger partial charge in [0, 0.05) is 18.7 Å². The highest BCUT2D eigenvalue weighted by molar-refractivity contribution is 5.96. The maximum Gasteiger partial charge on any atom is 0.303 e.